The van der Waals surface area contributed by atoms with Crippen LogP contribution in [0.15, 0.2) is 0 Å². The first-order valence-electron chi connectivity index (χ1n) is 7.33. The lowest BCUT2D eigenvalue weighted by atomic mass is 9.79. The maximum absolute atomic E-state index is 11.9. The molecule has 0 aromatic heterocycles. The van der Waals surface area contributed by atoms with E-state index in [-0.39, 0.29) is 11.3 Å². The average molecular weight is 252 g/mol. The Morgan fingerprint density at radius 1 is 1.17 bits per heavy atom. The molecule has 1 amide bonds. The minimum absolute atomic E-state index is 0.140. The van der Waals surface area contributed by atoms with Gasteiger partial charge in [-0.25, -0.2) is 0 Å². The highest BCUT2D eigenvalue weighted by atomic mass is 16.2. The predicted octanol–water partition coefficient (Wildman–Crippen LogP) is 2.41. The van der Waals surface area contributed by atoms with Crippen molar-refractivity contribution >= 4 is 5.91 Å². The van der Waals surface area contributed by atoms with Gasteiger partial charge in [0.2, 0.25) is 5.91 Å². The van der Waals surface area contributed by atoms with E-state index in [0.717, 1.165) is 32.0 Å². The Balaban J connectivity index is 1.89. The molecular formula is C15H28N2O. The minimum Gasteiger partial charge on any atom is -0.359 e. The fraction of sp³-hybridized carbons (Fsp3) is 0.933. The van der Waals surface area contributed by atoms with Crippen LogP contribution >= 0.6 is 0 Å². The van der Waals surface area contributed by atoms with Crippen molar-refractivity contribution in [1.29, 1.82) is 0 Å². The standard InChI is InChI=1S/C15H28N2O/c1-14(2)6-5-12(11-14)17-9-7-15(3,8-10-17)13(18)16-4/h12H,5-11H2,1-4H3,(H,16,18). The molecule has 1 heterocycles. The van der Waals surface area contributed by atoms with Gasteiger partial charge in [0.05, 0.1) is 0 Å². The zero-order chi connectivity index (χ0) is 13.4. The van der Waals surface area contributed by atoms with Crippen LogP contribution in [0.4, 0.5) is 0 Å². The molecule has 104 valence electrons. The van der Waals surface area contributed by atoms with E-state index in [4.69, 9.17) is 0 Å². The summed E-state index contributed by atoms with van der Waals surface area (Å²) >= 11 is 0. The van der Waals surface area contributed by atoms with Gasteiger partial charge in [-0.15, -0.1) is 0 Å². The van der Waals surface area contributed by atoms with Gasteiger partial charge >= 0.3 is 0 Å². The molecule has 1 unspecified atom stereocenters. The van der Waals surface area contributed by atoms with Gasteiger partial charge in [-0.2, -0.15) is 0 Å². The van der Waals surface area contributed by atoms with E-state index >= 15 is 0 Å². The highest BCUT2D eigenvalue weighted by Crippen LogP contribution is 2.41. The van der Waals surface area contributed by atoms with Crippen LogP contribution in [-0.4, -0.2) is 37.0 Å². The summed E-state index contributed by atoms with van der Waals surface area (Å²) < 4.78 is 0. The molecule has 1 aliphatic heterocycles. The summed E-state index contributed by atoms with van der Waals surface area (Å²) in [7, 11) is 1.75. The molecule has 0 spiro atoms. The molecule has 0 bridgehead atoms. The smallest absolute Gasteiger partial charge is 0.225 e. The highest BCUT2D eigenvalue weighted by molar-refractivity contribution is 5.82. The monoisotopic (exact) mass is 252 g/mol. The van der Waals surface area contributed by atoms with Crippen LogP contribution < -0.4 is 5.32 Å². The fourth-order valence-electron chi connectivity index (χ4n) is 3.62. The summed E-state index contributed by atoms with van der Waals surface area (Å²) in [5, 5.41) is 2.82. The number of nitrogens with one attached hydrogen (secondary N) is 1. The van der Waals surface area contributed by atoms with E-state index in [9.17, 15) is 4.79 Å². The summed E-state index contributed by atoms with van der Waals surface area (Å²) in [5.41, 5.74) is 0.381. The maximum atomic E-state index is 11.9. The quantitative estimate of drug-likeness (QED) is 0.818. The van der Waals surface area contributed by atoms with Gasteiger partial charge in [0.1, 0.15) is 0 Å². The average Bonchev–Trinajstić information content (AvgIpc) is 2.69. The number of hydrogen-bond acceptors (Lipinski definition) is 2. The van der Waals surface area contributed by atoms with Crippen molar-refractivity contribution in [3.63, 3.8) is 0 Å². The zero-order valence-electron chi connectivity index (χ0n) is 12.4. The third-order valence-corrected chi connectivity index (χ3v) is 5.14. The van der Waals surface area contributed by atoms with Crippen LogP contribution in [-0.2, 0) is 4.79 Å². The lowest BCUT2D eigenvalue weighted by molar-refractivity contribution is -0.132. The van der Waals surface area contributed by atoms with Gasteiger partial charge in [0.25, 0.3) is 0 Å². The van der Waals surface area contributed by atoms with Gasteiger partial charge in [0.15, 0.2) is 0 Å². The summed E-state index contributed by atoms with van der Waals surface area (Å²) in [5.74, 6) is 0.217. The van der Waals surface area contributed by atoms with Crippen molar-refractivity contribution in [2.45, 2.75) is 58.9 Å². The summed E-state index contributed by atoms with van der Waals surface area (Å²) in [6, 6.07) is 0.759. The van der Waals surface area contributed by atoms with Crippen molar-refractivity contribution in [3.8, 4) is 0 Å². The molecule has 1 saturated carbocycles. The van der Waals surface area contributed by atoms with E-state index in [1.165, 1.54) is 19.3 Å². The predicted molar refractivity (Wildman–Crippen MR) is 74.4 cm³/mol. The van der Waals surface area contributed by atoms with E-state index in [1.54, 1.807) is 7.05 Å². The number of hydrogen-bond donors (Lipinski definition) is 1. The van der Waals surface area contributed by atoms with Crippen molar-refractivity contribution in [3.05, 3.63) is 0 Å². The Labute approximate surface area is 111 Å². The molecule has 0 aromatic carbocycles. The lowest BCUT2D eigenvalue weighted by Gasteiger charge is -2.41. The van der Waals surface area contributed by atoms with Crippen LogP contribution in [0.3, 0.4) is 0 Å². The summed E-state index contributed by atoms with van der Waals surface area (Å²) in [6.45, 7) is 9.05. The van der Waals surface area contributed by atoms with Gasteiger partial charge < -0.3 is 10.2 Å². The fourth-order valence-corrected chi connectivity index (χ4v) is 3.62. The van der Waals surface area contributed by atoms with E-state index in [0.29, 0.717) is 5.41 Å². The molecule has 3 nitrogen and oxygen atoms in total. The molecular weight excluding hydrogens is 224 g/mol. The Bertz CT molecular complexity index is 316. The molecule has 1 atom stereocenters. The number of piperidine rings is 1. The van der Waals surface area contributed by atoms with E-state index < -0.39 is 0 Å². The molecule has 1 N–H and O–H groups in total. The Morgan fingerprint density at radius 3 is 2.22 bits per heavy atom. The Hall–Kier alpha value is -0.570. The molecule has 1 aliphatic carbocycles. The molecule has 18 heavy (non-hydrogen) atoms. The molecule has 1 saturated heterocycles. The van der Waals surface area contributed by atoms with Crippen LogP contribution in [0.5, 0.6) is 0 Å². The second-order valence-electron chi connectivity index (χ2n) is 7.24. The van der Waals surface area contributed by atoms with Crippen LogP contribution in [0.2, 0.25) is 0 Å². The van der Waals surface area contributed by atoms with Gasteiger partial charge in [-0.1, -0.05) is 20.8 Å². The summed E-state index contributed by atoms with van der Waals surface area (Å²) in [6.07, 6.45) is 6.02. The van der Waals surface area contributed by atoms with Crippen molar-refractivity contribution < 1.29 is 4.79 Å². The van der Waals surface area contributed by atoms with Crippen LogP contribution in [0, 0.1) is 10.8 Å². The topological polar surface area (TPSA) is 32.3 Å². The molecule has 0 aromatic rings. The molecule has 2 fully saturated rings. The second kappa shape index (κ2) is 4.84. The van der Waals surface area contributed by atoms with Crippen molar-refractivity contribution in [2.75, 3.05) is 20.1 Å². The number of nitrogens with zero attached hydrogens (tertiary/aromatic N) is 1. The van der Waals surface area contributed by atoms with Gasteiger partial charge in [0, 0.05) is 18.5 Å². The first-order chi connectivity index (χ1) is 8.36. The third kappa shape index (κ3) is 2.71. The number of carbonyl (C=O) groups excluding carboxylic acids is 1. The Kier molecular flexibility index (Phi) is 3.72. The third-order valence-electron chi connectivity index (χ3n) is 5.14. The molecule has 3 heteroatoms. The SMILES string of the molecule is CNC(=O)C1(C)CCN(C2CCC(C)(C)C2)CC1. The van der Waals surface area contributed by atoms with Crippen molar-refractivity contribution in [1.82, 2.24) is 10.2 Å². The van der Waals surface area contributed by atoms with Crippen LogP contribution in [0.25, 0.3) is 0 Å². The molecule has 2 rings (SSSR count). The molecule has 0 radical (unpaired) electrons. The number of carbonyl (C=O) groups is 1. The number of rotatable bonds is 2. The highest BCUT2D eigenvalue weighted by Gasteiger charge is 2.40. The normalized spacial score (nSPS) is 31.2. The van der Waals surface area contributed by atoms with E-state index in [2.05, 4.69) is 31.0 Å². The lowest BCUT2D eigenvalue weighted by Crippen LogP contribution is -2.49. The number of amides is 1. The first kappa shape index (κ1) is 13.9. The van der Waals surface area contributed by atoms with E-state index in [1.807, 2.05) is 0 Å². The first-order valence-corrected chi connectivity index (χ1v) is 7.33. The Morgan fingerprint density at radius 2 is 1.78 bits per heavy atom. The minimum atomic E-state index is -0.140. The summed E-state index contributed by atoms with van der Waals surface area (Å²) in [4.78, 5) is 14.5. The second-order valence-corrected chi connectivity index (χ2v) is 7.24. The largest absolute Gasteiger partial charge is 0.359 e. The van der Waals surface area contributed by atoms with Gasteiger partial charge in [-0.05, 0) is 50.6 Å². The van der Waals surface area contributed by atoms with Crippen LogP contribution in [0.1, 0.15) is 52.9 Å². The number of likely N-dealkylation sites (tertiary alicyclic amines) is 1. The molecule has 2 aliphatic rings. The zero-order valence-corrected chi connectivity index (χ0v) is 12.4. The van der Waals surface area contributed by atoms with Crippen molar-refractivity contribution in [2.24, 2.45) is 10.8 Å². The van der Waals surface area contributed by atoms with Gasteiger partial charge in [-0.3, -0.25) is 4.79 Å². The maximum Gasteiger partial charge on any atom is 0.225 e.